The molecule has 17 heavy (non-hydrogen) atoms. The van der Waals surface area contributed by atoms with Gasteiger partial charge in [-0.25, -0.2) is 0 Å². The van der Waals surface area contributed by atoms with E-state index in [0.717, 1.165) is 18.3 Å². The van der Waals surface area contributed by atoms with Crippen LogP contribution in [0.4, 0.5) is 0 Å². The summed E-state index contributed by atoms with van der Waals surface area (Å²) in [6.07, 6.45) is 11.7. The Bertz CT molecular complexity index is 431. The summed E-state index contributed by atoms with van der Waals surface area (Å²) in [4.78, 5) is 12.7. The molecule has 4 rings (SSSR count). The molecule has 0 bridgehead atoms. The van der Waals surface area contributed by atoms with E-state index in [1.165, 1.54) is 24.8 Å². The average Bonchev–Trinajstić information content (AvgIpc) is 2.79. The summed E-state index contributed by atoms with van der Waals surface area (Å²) in [6, 6.07) is 0. The average molecular weight is 228 g/mol. The lowest BCUT2D eigenvalue weighted by molar-refractivity contribution is -0.129. The summed E-state index contributed by atoms with van der Waals surface area (Å²) >= 11 is 0. The maximum Gasteiger partial charge on any atom is 0.140 e. The summed E-state index contributed by atoms with van der Waals surface area (Å²) in [6.45, 7) is 2.22. The lowest BCUT2D eigenvalue weighted by atomic mass is 9.73. The minimum atomic E-state index is 0.288. The monoisotopic (exact) mass is 228 g/mol. The van der Waals surface area contributed by atoms with Crippen LogP contribution in [0.15, 0.2) is 23.8 Å². The second-order valence-electron chi connectivity index (χ2n) is 6.55. The van der Waals surface area contributed by atoms with Crippen molar-refractivity contribution in [1.29, 1.82) is 0 Å². The van der Waals surface area contributed by atoms with Gasteiger partial charge in [0.1, 0.15) is 5.78 Å². The Labute approximate surface area is 103 Å². The highest BCUT2D eigenvalue weighted by molar-refractivity contribution is 5.86. The van der Waals surface area contributed by atoms with Crippen LogP contribution in [-0.4, -0.2) is 5.78 Å². The molecule has 90 valence electrons. The topological polar surface area (TPSA) is 17.1 Å². The first-order chi connectivity index (χ1) is 8.25. The van der Waals surface area contributed by atoms with Crippen molar-refractivity contribution in [1.82, 2.24) is 0 Å². The van der Waals surface area contributed by atoms with Gasteiger partial charge in [0.2, 0.25) is 0 Å². The molecule has 6 atom stereocenters. The fraction of sp³-hybridized carbons (Fsp3) is 0.688. The molecule has 0 heterocycles. The van der Waals surface area contributed by atoms with Crippen LogP contribution in [0.5, 0.6) is 0 Å². The van der Waals surface area contributed by atoms with Crippen LogP contribution >= 0.6 is 0 Å². The molecule has 0 amide bonds. The number of allylic oxidation sites excluding steroid dienone is 4. The van der Waals surface area contributed by atoms with Gasteiger partial charge in [0.05, 0.1) is 0 Å². The molecule has 0 aromatic carbocycles. The first-order valence-electron chi connectivity index (χ1n) is 7.12. The molecule has 0 spiro atoms. The molecule has 1 nitrogen and oxygen atoms in total. The third-order valence-corrected chi connectivity index (χ3v) is 5.74. The van der Waals surface area contributed by atoms with Crippen molar-refractivity contribution in [3.8, 4) is 0 Å². The van der Waals surface area contributed by atoms with Gasteiger partial charge in [0.25, 0.3) is 0 Å². The van der Waals surface area contributed by atoms with Crippen molar-refractivity contribution in [2.24, 2.45) is 35.5 Å². The minimum absolute atomic E-state index is 0.288. The van der Waals surface area contributed by atoms with Crippen LogP contribution in [-0.2, 0) is 4.79 Å². The van der Waals surface area contributed by atoms with Gasteiger partial charge >= 0.3 is 0 Å². The zero-order chi connectivity index (χ0) is 11.6. The second-order valence-corrected chi connectivity index (χ2v) is 6.55. The molecule has 4 aliphatic carbocycles. The zero-order valence-corrected chi connectivity index (χ0v) is 10.4. The van der Waals surface area contributed by atoms with Gasteiger partial charge in [-0.2, -0.15) is 0 Å². The van der Waals surface area contributed by atoms with Crippen LogP contribution < -0.4 is 0 Å². The highest BCUT2D eigenvalue weighted by Gasteiger charge is 2.56. The van der Waals surface area contributed by atoms with E-state index in [9.17, 15) is 4.79 Å². The number of rotatable bonds is 0. The summed E-state index contributed by atoms with van der Waals surface area (Å²) < 4.78 is 0. The molecule has 2 saturated carbocycles. The lowest BCUT2D eigenvalue weighted by Gasteiger charge is -2.30. The highest BCUT2D eigenvalue weighted by atomic mass is 16.1. The molecule has 1 heteroatoms. The van der Waals surface area contributed by atoms with Crippen LogP contribution in [0.2, 0.25) is 0 Å². The number of fused-ring (bicyclic) bond motifs is 4. The predicted molar refractivity (Wildman–Crippen MR) is 67.3 cm³/mol. The van der Waals surface area contributed by atoms with E-state index in [2.05, 4.69) is 25.2 Å². The predicted octanol–water partition coefficient (Wildman–Crippen LogP) is 3.37. The molecule has 0 radical (unpaired) electrons. The summed E-state index contributed by atoms with van der Waals surface area (Å²) in [5.74, 6) is 4.24. The maximum absolute atomic E-state index is 12.7. The number of carbonyl (C=O) groups excluding carboxylic acids is 1. The molecular formula is C16H20O. The molecule has 0 aliphatic heterocycles. The maximum atomic E-state index is 12.7. The zero-order valence-electron chi connectivity index (χ0n) is 10.4. The standard InChI is InChI=1S/C16H20O/c1-9-5-6-12-14-7-10(14)8-15(12)16(17)13-4-2-3-11(9)13/h2-3,5,10-15H,4,6-8H2,1H3/t10-,11-,12+,13-,14+,15+/m1/s1. The quantitative estimate of drug-likeness (QED) is 0.581. The van der Waals surface area contributed by atoms with Gasteiger partial charge in [-0.3, -0.25) is 4.79 Å². The van der Waals surface area contributed by atoms with E-state index >= 15 is 0 Å². The minimum Gasteiger partial charge on any atom is -0.299 e. The number of ketones is 1. The smallest absolute Gasteiger partial charge is 0.140 e. The van der Waals surface area contributed by atoms with Crippen LogP contribution in [0.1, 0.15) is 32.6 Å². The fourth-order valence-electron chi connectivity index (χ4n) is 4.68. The van der Waals surface area contributed by atoms with Gasteiger partial charge in [-0.05, 0) is 50.4 Å². The third kappa shape index (κ3) is 1.34. The van der Waals surface area contributed by atoms with E-state index in [1.807, 2.05) is 0 Å². The number of carbonyl (C=O) groups is 1. The second kappa shape index (κ2) is 3.34. The van der Waals surface area contributed by atoms with Crippen molar-refractivity contribution in [2.75, 3.05) is 0 Å². The Morgan fingerprint density at radius 3 is 2.88 bits per heavy atom. The van der Waals surface area contributed by atoms with Crippen molar-refractivity contribution >= 4 is 5.78 Å². The highest BCUT2D eigenvalue weighted by Crippen LogP contribution is 2.61. The first kappa shape index (κ1) is 10.1. The van der Waals surface area contributed by atoms with E-state index in [-0.39, 0.29) is 5.92 Å². The van der Waals surface area contributed by atoms with Crippen molar-refractivity contribution in [2.45, 2.75) is 32.6 Å². The Morgan fingerprint density at radius 2 is 2.00 bits per heavy atom. The van der Waals surface area contributed by atoms with Crippen molar-refractivity contribution in [3.05, 3.63) is 23.8 Å². The van der Waals surface area contributed by atoms with Crippen molar-refractivity contribution < 1.29 is 4.79 Å². The molecule has 4 aliphatic rings. The largest absolute Gasteiger partial charge is 0.299 e. The van der Waals surface area contributed by atoms with E-state index in [1.54, 1.807) is 0 Å². The van der Waals surface area contributed by atoms with Gasteiger partial charge in [-0.15, -0.1) is 0 Å². The van der Waals surface area contributed by atoms with Crippen LogP contribution in [0.25, 0.3) is 0 Å². The first-order valence-corrected chi connectivity index (χ1v) is 7.12. The Hall–Kier alpha value is -0.850. The van der Waals surface area contributed by atoms with Gasteiger partial charge in [-0.1, -0.05) is 23.8 Å². The third-order valence-electron chi connectivity index (χ3n) is 5.74. The molecule has 0 saturated heterocycles. The normalized spacial score (nSPS) is 51.1. The molecule has 0 aromatic heterocycles. The van der Waals surface area contributed by atoms with Crippen LogP contribution in [0.3, 0.4) is 0 Å². The molecule has 0 N–H and O–H groups in total. The molecule has 0 unspecified atom stereocenters. The molecule has 0 aromatic rings. The van der Waals surface area contributed by atoms with E-state index in [0.29, 0.717) is 23.5 Å². The van der Waals surface area contributed by atoms with Gasteiger partial charge < -0.3 is 0 Å². The van der Waals surface area contributed by atoms with Gasteiger partial charge in [0, 0.05) is 17.8 Å². The Balaban J connectivity index is 1.71. The number of Topliss-reactive ketones (excluding diaryl/α,β-unsaturated/α-hetero) is 1. The number of hydrogen-bond acceptors (Lipinski definition) is 1. The van der Waals surface area contributed by atoms with E-state index < -0.39 is 0 Å². The summed E-state index contributed by atoms with van der Waals surface area (Å²) in [5.41, 5.74) is 1.44. The Morgan fingerprint density at radius 1 is 1.12 bits per heavy atom. The lowest BCUT2D eigenvalue weighted by Crippen LogP contribution is -2.32. The van der Waals surface area contributed by atoms with Gasteiger partial charge in [0.15, 0.2) is 0 Å². The van der Waals surface area contributed by atoms with Crippen molar-refractivity contribution in [3.63, 3.8) is 0 Å². The van der Waals surface area contributed by atoms with E-state index in [4.69, 9.17) is 0 Å². The van der Waals surface area contributed by atoms with Crippen LogP contribution in [0, 0.1) is 35.5 Å². The SMILES string of the molecule is CC1=CC[C@H]2[C@H]3C[C@@H]3C[C@@H]2C(=O)[C@@H]2CC=C[C@H]12. The molecular weight excluding hydrogens is 208 g/mol. The molecule has 2 fully saturated rings. The number of hydrogen-bond donors (Lipinski definition) is 0. The summed E-state index contributed by atoms with van der Waals surface area (Å²) in [5, 5.41) is 0. The summed E-state index contributed by atoms with van der Waals surface area (Å²) in [7, 11) is 0. The Kier molecular flexibility index (Phi) is 1.98. The fourth-order valence-corrected chi connectivity index (χ4v) is 4.68.